The highest BCUT2D eigenvalue weighted by molar-refractivity contribution is 5.97. The fourth-order valence-electron chi connectivity index (χ4n) is 3.04. The first kappa shape index (κ1) is 16.4. The van der Waals surface area contributed by atoms with Gasteiger partial charge in [0.25, 0.3) is 5.91 Å². The first-order valence-corrected chi connectivity index (χ1v) is 8.03. The predicted octanol–water partition coefficient (Wildman–Crippen LogP) is 2.70. The lowest BCUT2D eigenvalue weighted by Crippen LogP contribution is -2.37. The fraction of sp³-hybridized carbons (Fsp3) is 0.389. The maximum Gasteiger partial charge on any atom is 0.276 e. The third kappa shape index (κ3) is 3.54. The minimum atomic E-state index is -0.190. The predicted molar refractivity (Wildman–Crippen MR) is 86.7 cm³/mol. The maximum atomic E-state index is 12.6. The van der Waals surface area contributed by atoms with E-state index in [-0.39, 0.29) is 30.0 Å². The molecule has 0 saturated carbocycles. The molecule has 2 heterocycles. The number of aromatic nitrogens is 1. The number of amides is 1. The molecule has 6 heteroatoms. The van der Waals surface area contributed by atoms with Crippen molar-refractivity contribution in [3.8, 4) is 0 Å². The van der Waals surface area contributed by atoms with Gasteiger partial charge in [-0.2, -0.15) is 0 Å². The monoisotopic (exact) mass is 328 g/mol. The molecule has 0 spiro atoms. The molecule has 6 nitrogen and oxygen atoms in total. The Balaban J connectivity index is 1.68. The van der Waals surface area contributed by atoms with E-state index in [1.165, 1.54) is 0 Å². The molecule has 1 fully saturated rings. The van der Waals surface area contributed by atoms with E-state index in [9.17, 15) is 9.59 Å². The molecule has 2 aromatic rings. The van der Waals surface area contributed by atoms with Crippen molar-refractivity contribution < 1.29 is 18.8 Å². The maximum absolute atomic E-state index is 12.6. The zero-order chi connectivity index (χ0) is 16.9. The molecule has 3 rings (SSSR count). The average Bonchev–Trinajstić information content (AvgIpc) is 3.25. The van der Waals surface area contributed by atoms with Gasteiger partial charge in [-0.25, -0.2) is 0 Å². The van der Waals surface area contributed by atoms with Crippen molar-refractivity contribution in [1.29, 1.82) is 0 Å². The van der Waals surface area contributed by atoms with Gasteiger partial charge in [-0.1, -0.05) is 35.5 Å². The van der Waals surface area contributed by atoms with Crippen LogP contribution in [0.4, 0.5) is 0 Å². The van der Waals surface area contributed by atoms with Crippen LogP contribution in [0.15, 0.2) is 40.9 Å². The Morgan fingerprint density at radius 2 is 2.12 bits per heavy atom. The SMILES string of the molecule is COCc1cc(C(=O)N2CCC[C@H]2CC(=O)c2ccccc2)no1. The molecule has 1 saturated heterocycles. The molecule has 1 aromatic carbocycles. The molecule has 126 valence electrons. The molecular formula is C18H20N2O4. The van der Waals surface area contributed by atoms with Gasteiger partial charge in [0.1, 0.15) is 6.61 Å². The van der Waals surface area contributed by atoms with Crippen molar-refractivity contribution in [3.05, 3.63) is 53.4 Å². The lowest BCUT2D eigenvalue weighted by Gasteiger charge is -2.23. The summed E-state index contributed by atoms with van der Waals surface area (Å²) in [4.78, 5) is 26.8. The Labute approximate surface area is 140 Å². The number of likely N-dealkylation sites (tertiary alicyclic amines) is 1. The quantitative estimate of drug-likeness (QED) is 0.762. The fourth-order valence-corrected chi connectivity index (χ4v) is 3.04. The Bertz CT molecular complexity index is 711. The standard InChI is InChI=1S/C18H20N2O4/c1-23-12-15-11-16(19-24-15)18(22)20-9-5-8-14(20)10-17(21)13-6-3-2-4-7-13/h2-4,6-7,11,14H,5,8-10,12H2,1H3/t14-/m0/s1. The van der Waals surface area contributed by atoms with Crippen LogP contribution in [-0.2, 0) is 11.3 Å². The summed E-state index contributed by atoms with van der Waals surface area (Å²) in [7, 11) is 1.55. The summed E-state index contributed by atoms with van der Waals surface area (Å²) in [6.07, 6.45) is 2.05. The molecule has 1 aliphatic heterocycles. The summed E-state index contributed by atoms with van der Waals surface area (Å²) in [5.74, 6) is 0.377. The largest absolute Gasteiger partial charge is 0.377 e. The number of methoxy groups -OCH3 is 1. The van der Waals surface area contributed by atoms with E-state index in [0.29, 0.717) is 24.3 Å². The molecule has 0 aliphatic carbocycles. The van der Waals surface area contributed by atoms with Crippen LogP contribution in [0.5, 0.6) is 0 Å². The van der Waals surface area contributed by atoms with Crippen LogP contribution in [0.3, 0.4) is 0 Å². The van der Waals surface area contributed by atoms with Gasteiger partial charge in [0.15, 0.2) is 17.2 Å². The van der Waals surface area contributed by atoms with Crippen molar-refractivity contribution in [2.45, 2.75) is 31.9 Å². The molecule has 1 aromatic heterocycles. The van der Waals surface area contributed by atoms with Gasteiger partial charge in [0.2, 0.25) is 0 Å². The zero-order valence-electron chi connectivity index (χ0n) is 13.6. The van der Waals surface area contributed by atoms with Crippen LogP contribution in [0.2, 0.25) is 0 Å². The van der Waals surface area contributed by atoms with Crippen molar-refractivity contribution in [2.24, 2.45) is 0 Å². The van der Waals surface area contributed by atoms with E-state index in [0.717, 1.165) is 12.8 Å². The number of carbonyl (C=O) groups excluding carboxylic acids is 2. The lowest BCUT2D eigenvalue weighted by molar-refractivity contribution is 0.0707. The van der Waals surface area contributed by atoms with Crippen molar-refractivity contribution in [2.75, 3.05) is 13.7 Å². The first-order chi connectivity index (χ1) is 11.7. The summed E-state index contributed by atoms with van der Waals surface area (Å²) in [6, 6.07) is 10.7. The highest BCUT2D eigenvalue weighted by Gasteiger charge is 2.32. The number of carbonyl (C=O) groups is 2. The van der Waals surface area contributed by atoms with E-state index in [1.807, 2.05) is 18.2 Å². The minimum absolute atomic E-state index is 0.0560. The number of hydrogen-bond donors (Lipinski definition) is 0. The average molecular weight is 328 g/mol. The normalized spacial score (nSPS) is 17.2. The van der Waals surface area contributed by atoms with Crippen molar-refractivity contribution >= 4 is 11.7 Å². The van der Waals surface area contributed by atoms with Crippen LogP contribution in [0.25, 0.3) is 0 Å². The van der Waals surface area contributed by atoms with Gasteiger partial charge in [0.05, 0.1) is 0 Å². The Kier molecular flexibility index (Phi) is 5.05. The summed E-state index contributed by atoms with van der Waals surface area (Å²) < 4.78 is 10.0. The van der Waals surface area contributed by atoms with Gasteiger partial charge in [-0.05, 0) is 12.8 Å². The van der Waals surface area contributed by atoms with Crippen molar-refractivity contribution in [1.82, 2.24) is 10.1 Å². The van der Waals surface area contributed by atoms with Gasteiger partial charge < -0.3 is 14.2 Å². The summed E-state index contributed by atoms with van der Waals surface area (Å²) in [5.41, 5.74) is 0.946. The first-order valence-electron chi connectivity index (χ1n) is 8.03. The van der Waals surface area contributed by atoms with Gasteiger partial charge in [-0.15, -0.1) is 0 Å². The number of nitrogens with zero attached hydrogens (tertiary/aromatic N) is 2. The molecule has 1 amide bonds. The number of Topliss-reactive ketones (excluding diaryl/α,β-unsaturated/α-hetero) is 1. The van der Waals surface area contributed by atoms with E-state index < -0.39 is 0 Å². The molecule has 1 atom stereocenters. The Morgan fingerprint density at radius 3 is 2.88 bits per heavy atom. The molecule has 24 heavy (non-hydrogen) atoms. The molecule has 0 bridgehead atoms. The van der Waals surface area contributed by atoms with Crippen LogP contribution in [-0.4, -0.2) is 41.4 Å². The molecule has 0 N–H and O–H groups in total. The summed E-state index contributed by atoms with van der Waals surface area (Å²) in [5, 5.41) is 3.82. The van der Waals surface area contributed by atoms with Crippen LogP contribution >= 0.6 is 0 Å². The van der Waals surface area contributed by atoms with Gasteiger partial charge in [-0.3, -0.25) is 9.59 Å². The van der Waals surface area contributed by atoms with Gasteiger partial charge >= 0.3 is 0 Å². The second-order valence-corrected chi connectivity index (χ2v) is 5.90. The topological polar surface area (TPSA) is 72.6 Å². The molecular weight excluding hydrogens is 308 g/mol. The number of rotatable bonds is 6. The summed E-state index contributed by atoms with van der Waals surface area (Å²) >= 11 is 0. The lowest BCUT2D eigenvalue weighted by atomic mass is 10.0. The van der Waals surface area contributed by atoms with Crippen LogP contribution < -0.4 is 0 Å². The number of benzene rings is 1. The van der Waals surface area contributed by atoms with Crippen molar-refractivity contribution in [3.63, 3.8) is 0 Å². The van der Waals surface area contributed by atoms with E-state index >= 15 is 0 Å². The molecule has 0 unspecified atom stereocenters. The van der Waals surface area contributed by atoms with Gasteiger partial charge in [0, 0.05) is 37.7 Å². The second kappa shape index (κ2) is 7.40. The number of ketones is 1. The highest BCUT2D eigenvalue weighted by atomic mass is 16.5. The molecule has 0 radical (unpaired) electrons. The highest BCUT2D eigenvalue weighted by Crippen LogP contribution is 2.24. The Hall–Kier alpha value is -2.47. The van der Waals surface area contributed by atoms with E-state index in [2.05, 4.69) is 5.16 Å². The van der Waals surface area contributed by atoms with Crippen LogP contribution in [0, 0.1) is 0 Å². The molecule has 1 aliphatic rings. The van der Waals surface area contributed by atoms with Crippen LogP contribution in [0.1, 0.15) is 45.9 Å². The second-order valence-electron chi connectivity index (χ2n) is 5.90. The minimum Gasteiger partial charge on any atom is -0.377 e. The smallest absolute Gasteiger partial charge is 0.276 e. The number of hydrogen-bond acceptors (Lipinski definition) is 5. The third-order valence-corrected chi connectivity index (χ3v) is 4.22. The Morgan fingerprint density at radius 1 is 1.33 bits per heavy atom. The number of ether oxygens (including phenoxy) is 1. The third-order valence-electron chi connectivity index (χ3n) is 4.22. The van der Waals surface area contributed by atoms with E-state index in [4.69, 9.17) is 9.26 Å². The summed E-state index contributed by atoms with van der Waals surface area (Å²) in [6.45, 7) is 0.911. The van der Waals surface area contributed by atoms with E-state index in [1.54, 1.807) is 30.2 Å². The zero-order valence-corrected chi connectivity index (χ0v) is 13.6.